The molecule has 0 aliphatic heterocycles. The fourth-order valence-electron chi connectivity index (χ4n) is 1.53. The standard InChI is InChI=1S/C12H24N2O3/c1-12(2,3)9(11(16)17)10(15)14(6)8-7-13(4)5/h9H,7-8H2,1-6H3,(H,16,17). The van der Waals surface area contributed by atoms with E-state index in [-0.39, 0.29) is 5.91 Å². The minimum Gasteiger partial charge on any atom is -0.481 e. The number of carboxylic acid groups (broad SMARTS) is 1. The molecule has 0 heterocycles. The lowest BCUT2D eigenvalue weighted by molar-refractivity contribution is -0.155. The zero-order valence-electron chi connectivity index (χ0n) is 11.6. The van der Waals surface area contributed by atoms with E-state index in [9.17, 15) is 9.59 Å². The second-order valence-electron chi connectivity index (χ2n) is 5.70. The van der Waals surface area contributed by atoms with Crippen molar-refractivity contribution in [2.24, 2.45) is 11.3 Å². The average molecular weight is 244 g/mol. The molecule has 0 aliphatic carbocycles. The second kappa shape index (κ2) is 6.00. The lowest BCUT2D eigenvalue weighted by atomic mass is 9.80. The second-order valence-corrected chi connectivity index (χ2v) is 5.70. The minimum absolute atomic E-state index is 0.327. The van der Waals surface area contributed by atoms with Crippen molar-refractivity contribution in [2.75, 3.05) is 34.2 Å². The van der Waals surface area contributed by atoms with Gasteiger partial charge in [0.05, 0.1) is 0 Å². The molecule has 1 N–H and O–H groups in total. The Morgan fingerprint density at radius 1 is 1.12 bits per heavy atom. The number of carboxylic acids is 1. The number of hydrogen-bond acceptors (Lipinski definition) is 3. The Bertz CT molecular complexity index is 282. The maximum absolute atomic E-state index is 12.1. The van der Waals surface area contributed by atoms with E-state index in [2.05, 4.69) is 0 Å². The summed E-state index contributed by atoms with van der Waals surface area (Å²) in [7, 11) is 5.47. The lowest BCUT2D eigenvalue weighted by Gasteiger charge is -2.30. The van der Waals surface area contributed by atoms with Crippen LogP contribution >= 0.6 is 0 Å². The van der Waals surface area contributed by atoms with Crippen LogP contribution in [0.15, 0.2) is 0 Å². The molecule has 0 radical (unpaired) electrons. The lowest BCUT2D eigenvalue weighted by Crippen LogP contribution is -2.45. The van der Waals surface area contributed by atoms with Gasteiger partial charge in [-0.2, -0.15) is 0 Å². The van der Waals surface area contributed by atoms with Crippen molar-refractivity contribution in [1.82, 2.24) is 9.80 Å². The molecule has 1 unspecified atom stereocenters. The summed E-state index contributed by atoms with van der Waals surface area (Å²) >= 11 is 0. The highest BCUT2D eigenvalue weighted by molar-refractivity contribution is 5.97. The number of carbonyl (C=O) groups excluding carboxylic acids is 1. The quantitative estimate of drug-likeness (QED) is 0.725. The average Bonchev–Trinajstić information content (AvgIpc) is 2.10. The molecular weight excluding hydrogens is 220 g/mol. The number of carbonyl (C=O) groups is 2. The van der Waals surface area contributed by atoms with Gasteiger partial charge in [-0.15, -0.1) is 0 Å². The molecule has 17 heavy (non-hydrogen) atoms. The molecule has 0 aliphatic rings. The Labute approximate surface area is 103 Å². The molecule has 0 bridgehead atoms. The number of nitrogens with zero attached hydrogens (tertiary/aromatic N) is 2. The predicted molar refractivity (Wildman–Crippen MR) is 66.8 cm³/mol. The molecule has 0 rings (SSSR count). The van der Waals surface area contributed by atoms with Gasteiger partial charge in [-0.3, -0.25) is 9.59 Å². The first-order valence-electron chi connectivity index (χ1n) is 5.70. The number of amides is 1. The Balaban J connectivity index is 4.69. The first kappa shape index (κ1) is 15.9. The zero-order valence-corrected chi connectivity index (χ0v) is 11.6. The fraction of sp³-hybridized carbons (Fsp3) is 0.833. The largest absolute Gasteiger partial charge is 0.481 e. The van der Waals surface area contributed by atoms with Crippen LogP contribution in [-0.2, 0) is 9.59 Å². The number of aliphatic carboxylic acids is 1. The van der Waals surface area contributed by atoms with Crippen molar-refractivity contribution >= 4 is 11.9 Å². The minimum atomic E-state index is -1.06. The summed E-state index contributed by atoms with van der Waals surface area (Å²) in [4.78, 5) is 26.7. The first-order valence-corrected chi connectivity index (χ1v) is 5.70. The van der Waals surface area contributed by atoms with E-state index in [1.54, 1.807) is 27.8 Å². The van der Waals surface area contributed by atoms with E-state index in [0.29, 0.717) is 6.54 Å². The number of hydrogen-bond donors (Lipinski definition) is 1. The van der Waals surface area contributed by atoms with E-state index in [4.69, 9.17) is 5.11 Å². The van der Waals surface area contributed by atoms with E-state index >= 15 is 0 Å². The normalized spacial score (nSPS) is 13.6. The summed E-state index contributed by atoms with van der Waals surface area (Å²) in [6.07, 6.45) is 0. The molecule has 0 saturated heterocycles. The third kappa shape index (κ3) is 5.17. The summed E-state index contributed by atoms with van der Waals surface area (Å²) in [5.74, 6) is -2.37. The molecule has 0 saturated carbocycles. The molecule has 0 aromatic rings. The highest BCUT2D eigenvalue weighted by atomic mass is 16.4. The number of likely N-dealkylation sites (N-methyl/N-ethyl adjacent to an activating group) is 2. The zero-order chi connectivity index (χ0) is 13.8. The molecule has 1 atom stereocenters. The van der Waals surface area contributed by atoms with Crippen molar-refractivity contribution in [3.63, 3.8) is 0 Å². The van der Waals surface area contributed by atoms with Crippen LogP contribution in [0, 0.1) is 11.3 Å². The molecule has 1 amide bonds. The van der Waals surface area contributed by atoms with Crippen LogP contribution in [0.3, 0.4) is 0 Å². The fourth-order valence-corrected chi connectivity index (χ4v) is 1.53. The third-order valence-electron chi connectivity index (χ3n) is 2.62. The maximum Gasteiger partial charge on any atom is 0.316 e. The van der Waals surface area contributed by atoms with Gasteiger partial charge in [-0.1, -0.05) is 20.8 Å². The van der Waals surface area contributed by atoms with Crippen LogP contribution in [0.2, 0.25) is 0 Å². The predicted octanol–water partition coefficient (Wildman–Crippen LogP) is 0.753. The van der Waals surface area contributed by atoms with Crippen LogP contribution in [0.5, 0.6) is 0 Å². The molecule has 5 heteroatoms. The maximum atomic E-state index is 12.1. The SMILES string of the molecule is CN(C)CCN(C)C(=O)C(C(=O)O)C(C)(C)C. The van der Waals surface area contributed by atoms with Crippen LogP contribution in [-0.4, -0.2) is 61.0 Å². The van der Waals surface area contributed by atoms with Crippen LogP contribution < -0.4 is 0 Å². The Kier molecular flexibility index (Phi) is 5.61. The van der Waals surface area contributed by atoms with Gasteiger partial charge in [0.25, 0.3) is 0 Å². The van der Waals surface area contributed by atoms with Crippen LogP contribution in [0.1, 0.15) is 20.8 Å². The first-order chi connectivity index (χ1) is 7.57. The van der Waals surface area contributed by atoms with Crippen LogP contribution in [0.25, 0.3) is 0 Å². The summed E-state index contributed by atoms with van der Waals surface area (Å²) in [6.45, 7) is 6.56. The third-order valence-corrected chi connectivity index (χ3v) is 2.62. The highest BCUT2D eigenvalue weighted by Gasteiger charge is 2.39. The summed E-state index contributed by atoms with van der Waals surface area (Å²) in [5, 5.41) is 9.15. The van der Waals surface area contributed by atoms with E-state index in [0.717, 1.165) is 6.54 Å². The van der Waals surface area contributed by atoms with Crippen LogP contribution in [0.4, 0.5) is 0 Å². The number of rotatable bonds is 5. The highest BCUT2D eigenvalue weighted by Crippen LogP contribution is 2.27. The smallest absolute Gasteiger partial charge is 0.316 e. The topological polar surface area (TPSA) is 60.9 Å². The Morgan fingerprint density at radius 3 is 1.88 bits per heavy atom. The van der Waals surface area contributed by atoms with Crippen molar-refractivity contribution in [1.29, 1.82) is 0 Å². The molecule has 0 fully saturated rings. The summed E-state index contributed by atoms with van der Waals surface area (Å²) < 4.78 is 0. The molecule has 100 valence electrons. The van der Waals surface area contributed by atoms with Crippen molar-refractivity contribution in [2.45, 2.75) is 20.8 Å². The molecule has 5 nitrogen and oxygen atoms in total. The van der Waals surface area contributed by atoms with Gasteiger partial charge < -0.3 is 14.9 Å². The van der Waals surface area contributed by atoms with Gasteiger partial charge in [0.15, 0.2) is 0 Å². The van der Waals surface area contributed by atoms with E-state index < -0.39 is 17.3 Å². The summed E-state index contributed by atoms with van der Waals surface area (Å²) in [6, 6.07) is 0. The van der Waals surface area contributed by atoms with Crippen molar-refractivity contribution < 1.29 is 14.7 Å². The van der Waals surface area contributed by atoms with E-state index in [1.165, 1.54) is 4.90 Å². The Hall–Kier alpha value is -1.10. The van der Waals surface area contributed by atoms with Gasteiger partial charge in [0.1, 0.15) is 5.92 Å². The molecular formula is C12H24N2O3. The van der Waals surface area contributed by atoms with Gasteiger partial charge in [-0.25, -0.2) is 0 Å². The summed E-state index contributed by atoms with van der Waals surface area (Å²) in [5.41, 5.74) is -0.574. The van der Waals surface area contributed by atoms with Crippen molar-refractivity contribution in [3.05, 3.63) is 0 Å². The van der Waals surface area contributed by atoms with Gasteiger partial charge in [0, 0.05) is 20.1 Å². The molecule has 0 spiro atoms. The molecule has 0 aromatic carbocycles. The van der Waals surface area contributed by atoms with E-state index in [1.807, 2.05) is 19.0 Å². The van der Waals surface area contributed by atoms with Gasteiger partial charge in [0.2, 0.25) is 5.91 Å². The van der Waals surface area contributed by atoms with Crippen molar-refractivity contribution in [3.8, 4) is 0 Å². The van der Waals surface area contributed by atoms with Gasteiger partial charge in [-0.05, 0) is 19.5 Å². The Morgan fingerprint density at radius 2 is 1.59 bits per heavy atom. The monoisotopic (exact) mass is 244 g/mol. The van der Waals surface area contributed by atoms with Gasteiger partial charge >= 0.3 is 5.97 Å². The molecule has 0 aromatic heterocycles.